The highest BCUT2D eigenvalue weighted by atomic mass is 32.2. The van der Waals surface area contributed by atoms with Crippen LogP contribution in [0.3, 0.4) is 0 Å². The molecular formula is C22H29N7O4S2. The van der Waals surface area contributed by atoms with Crippen molar-refractivity contribution in [2.24, 2.45) is 15.9 Å². The van der Waals surface area contributed by atoms with Crippen LogP contribution in [-0.2, 0) is 14.8 Å². The molecule has 35 heavy (non-hydrogen) atoms. The summed E-state index contributed by atoms with van der Waals surface area (Å²) in [7, 11) is -3.87. The monoisotopic (exact) mass is 519 g/mol. The van der Waals surface area contributed by atoms with Gasteiger partial charge in [-0.2, -0.15) is 0 Å². The van der Waals surface area contributed by atoms with E-state index in [-0.39, 0.29) is 29.1 Å². The second-order valence-electron chi connectivity index (χ2n) is 8.59. The van der Waals surface area contributed by atoms with Gasteiger partial charge in [0.1, 0.15) is 11.9 Å². The summed E-state index contributed by atoms with van der Waals surface area (Å²) in [6.07, 6.45) is 4.42. The highest BCUT2D eigenvalue weighted by molar-refractivity contribution is 7.89. The van der Waals surface area contributed by atoms with Crippen LogP contribution in [0.1, 0.15) is 26.0 Å². The van der Waals surface area contributed by atoms with Crippen molar-refractivity contribution in [2.75, 3.05) is 25.0 Å². The highest BCUT2D eigenvalue weighted by Gasteiger charge is 2.28. The van der Waals surface area contributed by atoms with Gasteiger partial charge in [0.05, 0.1) is 28.4 Å². The molecule has 1 saturated heterocycles. The first-order valence-corrected chi connectivity index (χ1v) is 13.6. The first kappa shape index (κ1) is 25.3. The number of sulfonamides is 1. The second kappa shape index (κ2) is 10.4. The van der Waals surface area contributed by atoms with Crippen molar-refractivity contribution in [1.29, 1.82) is 0 Å². The number of primary amides is 1. The summed E-state index contributed by atoms with van der Waals surface area (Å²) >= 11 is 1.38. The van der Waals surface area contributed by atoms with E-state index in [0.717, 1.165) is 17.8 Å². The summed E-state index contributed by atoms with van der Waals surface area (Å²) in [6, 6.07) is 4.06. The minimum absolute atomic E-state index is 0.0208. The van der Waals surface area contributed by atoms with E-state index in [2.05, 4.69) is 31.6 Å². The number of anilines is 2. The number of nitrogens with two attached hydrogens (primary N) is 2. The molecule has 13 heteroatoms. The molecule has 2 aliphatic heterocycles. The van der Waals surface area contributed by atoms with Gasteiger partial charge < -0.3 is 21.1 Å². The summed E-state index contributed by atoms with van der Waals surface area (Å²) in [6.45, 7) is 5.78. The van der Waals surface area contributed by atoms with E-state index >= 15 is 0 Å². The maximum Gasteiger partial charge on any atom is 0.238 e. The molecular weight excluding hydrogens is 490 g/mol. The van der Waals surface area contributed by atoms with Gasteiger partial charge in [-0.3, -0.25) is 14.7 Å². The number of amides is 1. The molecule has 2 atom stereocenters. The number of aromatic nitrogens is 1. The number of dihydropyridines is 1. The lowest BCUT2D eigenvalue weighted by atomic mass is 10.1. The summed E-state index contributed by atoms with van der Waals surface area (Å²) < 4.78 is 29.4. The number of piperazine rings is 1. The second-order valence-corrected chi connectivity index (χ2v) is 11.0. The fourth-order valence-electron chi connectivity index (χ4n) is 3.88. The van der Waals surface area contributed by atoms with Crippen LogP contribution < -0.4 is 26.2 Å². The van der Waals surface area contributed by atoms with Gasteiger partial charge >= 0.3 is 0 Å². The van der Waals surface area contributed by atoms with E-state index in [0.29, 0.717) is 36.1 Å². The number of thiazole rings is 1. The van der Waals surface area contributed by atoms with Crippen LogP contribution in [0, 0.1) is 0 Å². The van der Waals surface area contributed by atoms with Crippen LogP contribution in [0.5, 0.6) is 5.75 Å². The Balaban J connectivity index is 1.47. The molecule has 0 bridgehead atoms. The molecule has 3 heterocycles. The number of primary sulfonamides is 1. The number of benzene rings is 1. The van der Waals surface area contributed by atoms with E-state index in [1.54, 1.807) is 12.3 Å². The van der Waals surface area contributed by atoms with Gasteiger partial charge in [-0.15, -0.1) is 11.3 Å². The predicted molar refractivity (Wildman–Crippen MR) is 136 cm³/mol. The van der Waals surface area contributed by atoms with E-state index in [9.17, 15) is 13.2 Å². The molecule has 1 amide bonds. The minimum Gasteiger partial charge on any atom is -0.489 e. The Hall–Kier alpha value is -2.84. The zero-order valence-electron chi connectivity index (χ0n) is 19.5. The van der Waals surface area contributed by atoms with Crippen LogP contribution >= 0.6 is 11.3 Å². The minimum atomic E-state index is -3.87. The quantitative estimate of drug-likeness (QED) is 0.405. The van der Waals surface area contributed by atoms with Crippen LogP contribution in [0.4, 0.5) is 10.8 Å². The molecule has 4 rings (SSSR count). The first-order valence-electron chi connectivity index (χ1n) is 11.2. The maximum absolute atomic E-state index is 11.8. The van der Waals surface area contributed by atoms with Gasteiger partial charge in [-0.05, 0) is 32.0 Å². The van der Waals surface area contributed by atoms with Gasteiger partial charge in [0.15, 0.2) is 5.13 Å². The number of hydrogen-bond acceptors (Lipinski definition) is 10. The van der Waals surface area contributed by atoms with Crippen molar-refractivity contribution < 1.29 is 17.9 Å². The van der Waals surface area contributed by atoms with Crippen molar-refractivity contribution in [3.63, 3.8) is 0 Å². The lowest BCUT2D eigenvalue weighted by Gasteiger charge is -2.36. The normalized spacial score (nSPS) is 21.1. The van der Waals surface area contributed by atoms with Crippen molar-refractivity contribution in [2.45, 2.75) is 43.5 Å². The molecule has 6 N–H and O–H groups in total. The summed E-state index contributed by atoms with van der Waals surface area (Å²) in [5, 5.41) is 14.1. The number of hydrogen-bond donors (Lipinski definition) is 4. The Kier molecular flexibility index (Phi) is 7.52. The largest absolute Gasteiger partial charge is 0.489 e. The topological polar surface area (TPSA) is 165 Å². The molecule has 1 fully saturated rings. The smallest absolute Gasteiger partial charge is 0.238 e. The number of allylic oxidation sites excluding steroid dienone is 1. The lowest BCUT2D eigenvalue weighted by molar-refractivity contribution is -0.121. The average Bonchev–Trinajstić information content (AvgIpc) is 3.28. The molecule has 1 aromatic heterocycles. The van der Waals surface area contributed by atoms with E-state index in [4.69, 9.17) is 15.6 Å². The van der Waals surface area contributed by atoms with E-state index < -0.39 is 10.0 Å². The van der Waals surface area contributed by atoms with Crippen LogP contribution in [-0.4, -0.2) is 68.4 Å². The highest BCUT2D eigenvalue weighted by Crippen LogP contribution is 2.33. The van der Waals surface area contributed by atoms with E-state index in [1.807, 2.05) is 19.2 Å². The number of aliphatic imine (C=N–C) groups is 1. The van der Waals surface area contributed by atoms with Crippen molar-refractivity contribution in [1.82, 2.24) is 15.2 Å². The molecule has 2 unspecified atom stereocenters. The Morgan fingerprint density at radius 2 is 2.17 bits per heavy atom. The Morgan fingerprint density at radius 3 is 2.83 bits per heavy atom. The summed E-state index contributed by atoms with van der Waals surface area (Å²) in [5.41, 5.74) is 7.55. The number of carbonyl (C=O) groups is 1. The van der Waals surface area contributed by atoms with Crippen molar-refractivity contribution >= 4 is 49.9 Å². The summed E-state index contributed by atoms with van der Waals surface area (Å²) in [5.74, 6) is 0.139. The van der Waals surface area contributed by atoms with Crippen LogP contribution in [0.25, 0.3) is 5.57 Å². The number of nitrogens with one attached hydrogen (secondary N) is 2. The molecule has 1 aromatic carbocycles. The van der Waals surface area contributed by atoms with Crippen LogP contribution in [0.15, 0.2) is 39.5 Å². The third kappa shape index (κ3) is 6.24. The molecule has 188 valence electrons. The van der Waals surface area contributed by atoms with Crippen molar-refractivity contribution in [3.05, 3.63) is 35.3 Å². The molecule has 2 aliphatic rings. The number of carbonyl (C=O) groups excluding carboxylic acids is 1. The number of ether oxygens (including phenoxy) is 1. The molecule has 0 saturated carbocycles. The molecule has 0 radical (unpaired) electrons. The Bertz CT molecular complexity index is 1260. The van der Waals surface area contributed by atoms with Crippen molar-refractivity contribution in [3.8, 4) is 5.75 Å². The molecule has 0 spiro atoms. The number of nitrogens with zero attached hydrogens (tertiary/aromatic N) is 3. The molecule has 2 aromatic rings. The zero-order valence-corrected chi connectivity index (χ0v) is 21.1. The number of rotatable bonds is 8. The van der Waals surface area contributed by atoms with Gasteiger partial charge in [0.25, 0.3) is 0 Å². The van der Waals surface area contributed by atoms with Gasteiger partial charge in [0.2, 0.25) is 15.9 Å². The fourth-order valence-corrected chi connectivity index (χ4v) is 5.15. The third-order valence-electron chi connectivity index (χ3n) is 5.59. The van der Waals surface area contributed by atoms with Gasteiger partial charge in [-0.25, -0.2) is 18.5 Å². The summed E-state index contributed by atoms with van der Waals surface area (Å²) in [4.78, 5) is 23.0. The van der Waals surface area contributed by atoms with E-state index in [1.165, 1.54) is 23.5 Å². The molecule has 11 nitrogen and oxygen atoms in total. The molecule has 0 aliphatic carbocycles. The standard InChI is InChI=1S/C22H29N7O4S2/c1-13(2)33-19-5-4-15(35(24,31)32)9-16(19)27-22-28-18(12-34-22)14-3-6-20(26-10-14)29-8-7-25-17(11-29)21(23)30/h3-5,9-10,12-13,17,20,25H,6-8,11H2,1-2H3,(H2,23,30)(H,27,28)(H2,24,31,32). The van der Waals surface area contributed by atoms with Crippen LogP contribution in [0.2, 0.25) is 0 Å². The fraction of sp³-hybridized carbons (Fsp3) is 0.409. The maximum atomic E-state index is 11.8. The SMILES string of the molecule is CC(C)Oc1ccc(S(N)(=O)=O)cc1Nc1nc(C2=CCC(N3CCNC(C(N)=O)C3)N=C2)cs1. The predicted octanol–water partition coefficient (Wildman–Crippen LogP) is 1.26. The first-order chi connectivity index (χ1) is 16.6. The lowest BCUT2D eigenvalue weighted by Crippen LogP contribution is -2.58. The average molecular weight is 520 g/mol. The Morgan fingerprint density at radius 1 is 1.37 bits per heavy atom. The Labute approximate surface area is 208 Å². The van der Waals surface area contributed by atoms with Gasteiger partial charge in [0, 0.05) is 43.2 Å². The third-order valence-corrected chi connectivity index (χ3v) is 7.26. The zero-order chi connectivity index (χ0) is 25.2. The van der Waals surface area contributed by atoms with Gasteiger partial charge in [-0.1, -0.05) is 6.08 Å².